The van der Waals surface area contributed by atoms with Crippen LogP contribution in [0.15, 0.2) is 6.07 Å². The van der Waals surface area contributed by atoms with Crippen molar-refractivity contribution in [3.05, 3.63) is 29.1 Å². The van der Waals surface area contributed by atoms with Gasteiger partial charge in [-0.3, -0.25) is 19.2 Å². The van der Waals surface area contributed by atoms with Gasteiger partial charge in [-0.15, -0.1) is 5.06 Å². The predicted octanol–water partition coefficient (Wildman–Crippen LogP) is 5.09. The Labute approximate surface area is 210 Å². The summed E-state index contributed by atoms with van der Waals surface area (Å²) in [5.74, 6) is -7.47. The molecule has 1 aliphatic rings. The number of hydrogen-bond donors (Lipinski definition) is 0. The first-order valence-corrected chi connectivity index (χ1v) is 10.9. The van der Waals surface area contributed by atoms with Gasteiger partial charge in [0.05, 0.1) is 11.8 Å². The number of esters is 1. The number of amides is 2. The lowest BCUT2D eigenvalue weighted by Crippen LogP contribution is -2.33. The Hall–Kier alpha value is -3.24. The first kappa shape index (κ1) is 34.9. The Kier molecular flexibility index (Phi) is 15.2. The van der Waals surface area contributed by atoms with Gasteiger partial charge >= 0.3 is 11.9 Å². The number of hydroxylamine groups is 2. The smallest absolute Gasteiger partial charge is 0.335 e. The fourth-order valence-electron chi connectivity index (χ4n) is 1.86. The molecule has 1 aromatic carbocycles. The lowest BCUT2D eigenvalue weighted by Gasteiger charge is -2.13. The van der Waals surface area contributed by atoms with E-state index in [9.17, 15) is 37.1 Å². The van der Waals surface area contributed by atoms with Crippen LogP contribution in [-0.2, 0) is 28.8 Å². The molecule has 1 heterocycles. The molecule has 2 rings (SSSR count). The Bertz CT molecular complexity index is 917. The van der Waals surface area contributed by atoms with Gasteiger partial charge in [0.1, 0.15) is 5.78 Å². The van der Waals surface area contributed by atoms with Crippen LogP contribution in [0.25, 0.3) is 0 Å². The molecule has 36 heavy (non-hydrogen) atoms. The quantitative estimate of drug-likeness (QED) is 0.231. The standard InChI is InChI=1S/C11H11F3O2.C8H11NO4.C5H10O.CH4/c1-5(2)11(15)16-10-8(13)6(3)4-7(12)9(10)14;1-5(2)8(12)13-9-6(10)3-4-7(9)11;1-4(2)5(3)6;/h4-5H,1-3H3;5H,3-4H2,1-2H3;4H,1-3H3;1H4. The van der Waals surface area contributed by atoms with Crippen LogP contribution in [0.4, 0.5) is 13.2 Å². The third-order valence-corrected chi connectivity index (χ3v) is 4.44. The maximum atomic E-state index is 13.4. The topological polar surface area (TPSA) is 107 Å². The van der Waals surface area contributed by atoms with Crippen molar-refractivity contribution in [1.82, 2.24) is 5.06 Å². The highest BCUT2D eigenvalue weighted by Crippen LogP contribution is 2.27. The van der Waals surface area contributed by atoms with Gasteiger partial charge < -0.3 is 9.57 Å². The number of nitrogens with zero attached hydrogens (tertiary/aromatic N) is 1. The number of aryl methyl sites for hydroxylation is 1. The molecule has 2 amide bonds. The molecule has 1 aliphatic heterocycles. The van der Waals surface area contributed by atoms with Crippen molar-refractivity contribution in [2.24, 2.45) is 17.8 Å². The summed E-state index contributed by atoms with van der Waals surface area (Å²) in [6.07, 6.45) is 0.258. The molecule has 0 N–H and O–H groups in total. The highest BCUT2D eigenvalue weighted by Gasteiger charge is 2.33. The number of halogens is 3. The van der Waals surface area contributed by atoms with Gasteiger partial charge in [0.15, 0.2) is 11.6 Å². The van der Waals surface area contributed by atoms with Crippen LogP contribution in [0.2, 0.25) is 0 Å². The predicted molar refractivity (Wildman–Crippen MR) is 126 cm³/mol. The summed E-state index contributed by atoms with van der Waals surface area (Å²) in [6, 6.07) is 0.706. The average Bonchev–Trinajstić information content (AvgIpc) is 3.07. The third-order valence-electron chi connectivity index (χ3n) is 4.44. The molecule has 8 nitrogen and oxygen atoms in total. The highest BCUT2D eigenvalue weighted by molar-refractivity contribution is 6.01. The first-order valence-electron chi connectivity index (χ1n) is 10.9. The average molecular weight is 520 g/mol. The molecular formula is C25H36F3NO7. The minimum Gasteiger partial charge on any atom is -0.420 e. The second kappa shape index (κ2) is 15.7. The second-order valence-corrected chi connectivity index (χ2v) is 8.62. The maximum absolute atomic E-state index is 13.4. The van der Waals surface area contributed by atoms with Crippen molar-refractivity contribution in [3.8, 4) is 5.75 Å². The van der Waals surface area contributed by atoms with Crippen LogP contribution >= 0.6 is 0 Å². The Balaban J connectivity index is 0. The summed E-state index contributed by atoms with van der Waals surface area (Å²) in [7, 11) is 0. The number of ether oxygens (including phenoxy) is 1. The molecule has 1 saturated heterocycles. The van der Waals surface area contributed by atoms with Crippen molar-refractivity contribution in [2.75, 3.05) is 0 Å². The molecule has 0 spiro atoms. The van der Waals surface area contributed by atoms with E-state index in [2.05, 4.69) is 9.57 Å². The van der Waals surface area contributed by atoms with E-state index in [1.807, 2.05) is 13.8 Å². The SMILES string of the molecule is C.CC(=O)C(C)C.CC(C)C(=O)ON1C(=O)CCC1=O.Cc1cc(F)c(F)c(OC(=O)C(C)C)c1F. The Morgan fingerprint density at radius 2 is 1.25 bits per heavy atom. The number of carbonyl (C=O) groups is 5. The van der Waals surface area contributed by atoms with Crippen LogP contribution in [0.5, 0.6) is 5.75 Å². The summed E-state index contributed by atoms with van der Waals surface area (Å²) in [6.45, 7) is 12.9. The van der Waals surface area contributed by atoms with Crippen LogP contribution < -0.4 is 4.74 Å². The van der Waals surface area contributed by atoms with Crippen LogP contribution in [0.1, 0.15) is 74.3 Å². The molecule has 0 bridgehead atoms. The van der Waals surface area contributed by atoms with E-state index in [1.54, 1.807) is 20.8 Å². The molecule has 11 heteroatoms. The molecule has 1 fully saturated rings. The van der Waals surface area contributed by atoms with Gasteiger partial charge in [0.25, 0.3) is 11.8 Å². The Morgan fingerprint density at radius 3 is 1.61 bits per heavy atom. The van der Waals surface area contributed by atoms with Crippen LogP contribution in [0.3, 0.4) is 0 Å². The van der Waals surface area contributed by atoms with E-state index in [1.165, 1.54) is 20.8 Å². The van der Waals surface area contributed by atoms with Crippen molar-refractivity contribution < 1.29 is 46.7 Å². The van der Waals surface area contributed by atoms with Crippen molar-refractivity contribution in [1.29, 1.82) is 0 Å². The van der Waals surface area contributed by atoms with Crippen molar-refractivity contribution in [2.45, 2.75) is 75.7 Å². The largest absolute Gasteiger partial charge is 0.420 e. The summed E-state index contributed by atoms with van der Waals surface area (Å²) in [4.78, 5) is 58.9. The molecule has 0 saturated carbocycles. The zero-order chi connectivity index (χ0) is 27.6. The summed E-state index contributed by atoms with van der Waals surface area (Å²) < 4.78 is 44.0. The van der Waals surface area contributed by atoms with Gasteiger partial charge in [-0.25, -0.2) is 13.6 Å². The first-order chi connectivity index (χ1) is 16.0. The number of carbonyl (C=O) groups excluding carboxylic acids is 5. The molecular weight excluding hydrogens is 483 g/mol. The van der Waals surface area contributed by atoms with E-state index in [4.69, 9.17) is 0 Å². The van der Waals surface area contributed by atoms with E-state index in [-0.39, 0.29) is 43.5 Å². The number of rotatable bonds is 5. The molecule has 0 aliphatic carbocycles. The number of Topliss-reactive ketones (excluding diaryl/α,β-unsaturated/α-hetero) is 1. The van der Waals surface area contributed by atoms with Gasteiger partial charge in [-0.2, -0.15) is 4.39 Å². The van der Waals surface area contributed by atoms with Crippen molar-refractivity contribution >= 4 is 29.5 Å². The molecule has 0 aromatic heterocycles. The van der Waals surface area contributed by atoms with E-state index in [0.29, 0.717) is 11.1 Å². The fourth-order valence-corrected chi connectivity index (χ4v) is 1.86. The lowest BCUT2D eigenvalue weighted by molar-refractivity contribution is -0.199. The molecule has 0 unspecified atom stereocenters. The van der Waals surface area contributed by atoms with Gasteiger partial charge in [-0.1, -0.05) is 49.0 Å². The second-order valence-electron chi connectivity index (χ2n) is 8.62. The monoisotopic (exact) mass is 519 g/mol. The minimum absolute atomic E-state index is 0. The normalized spacial score (nSPS) is 12.4. The summed E-state index contributed by atoms with van der Waals surface area (Å²) in [5.41, 5.74) is -0.120. The van der Waals surface area contributed by atoms with E-state index < -0.39 is 52.9 Å². The molecule has 1 aromatic rings. The van der Waals surface area contributed by atoms with Gasteiger partial charge in [-0.05, 0) is 25.5 Å². The lowest BCUT2D eigenvalue weighted by atomic mass is 10.1. The zero-order valence-corrected chi connectivity index (χ0v) is 21.2. The number of hydrogen-bond acceptors (Lipinski definition) is 7. The minimum atomic E-state index is -1.49. The van der Waals surface area contributed by atoms with Crippen LogP contribution in [-0.4, -0.2) is 34.6 Å². The highest BCUT2D eigenvalue weighted by atomic mass is 19.2. The molecule has 0 atom stereocenters. The van der Waals surface area contributed by atoms with Crippen LogP contribution in [0, 0.1) is 42.1 Å². The molecule has 0 radical (unpaired) electrons. The number of ketones is 1. The van der Waals surface area contributed by atoms with E-state index >= 15 is 0 Å². The number of imide groups is 1. The maximum Gasteiger partial charge on any atom is 0.335 e. The van der Waals surface area contributed by atoms with Gasteiger partial charge in [0.2, 0.25) is 11.6 Å². The fraction of sp³-hybridized carbons (Fsp3) is 0.560. The third kappa shape index (κ3) is 11.0. The summed E-state index contributed by atoms with van der Waals surface area (Å²) >= 11 is 0. The van der Waals surface area contributed by atoms with Gasteiger partial charge in [0, 0.05) is 18.8 Å². The summed E-state index contributed by atoms with van der Waals surface area (Å²) in [5, 5.41) is 0.558. The number of benzene rings is 1. The van der Waals surface area contributed by atoms with E-state index in [0.717, 1.165) is 0 Å². The molecule has 204 valence electrons. The zero-order valence-electron chi connectivity index (χ0n) is 21.2. The Morgan fingerprint density at radius 1 is 0.833 bits per heavy atom. The van der Waals surface area contributed by atoms with Crippen molar-refractivity contribution in [3.63, 3.8) is 0 Å².